The second kappa shape index (κ2) is 9.24. The topological polar surface area (TPSA) is 62.1 Å². The zero-order valence-electron chi connectivity index (χ0n) is 15.9. The Morgan fingerprint density at radius 1 is 1.23 bits per heavy atom. The molecule has 0 spiro atoms. The standard InChI is InChI=1S/C17H19FN4O2.C2H6/c1-4-8-24-10-22-13-9-19-17(20-16(13)11(2)21-22)15-12(18)6-5-7-14(15)23-3;1-2/h5-7,9H,4,8,10H2,1-3H3;1-2H3. The van der Waals surface area contributed by atoms with Gasteiger partial charge in [0.05, 0.1) is 24.6 Å². The number of ether oxygens (including phenoxy) is 2. The van der Waals surface area contributed by atoms with Crippen LogP contribution in [0.5, 0.6) is 5.75 Å². The average Bonchev–Trinajstić information content (AvgIpc) is 2.98. The van der Waals surface area contributed by atoms with E-state index in [-0.39, 0.29) is 11.4 Å². The summed E-state index contributed by atoms with van der Waals surface area (Å²) in [6, 6.07) is 4.63. The molecule has 0 radical (unpaired) electrons. The van der Waals surface area contributed by atoms with Gasteiger partial charge in [0.15, 0.2) is 5.82 Å². The van der Waals surface area contributed by atoms with Crippen LogP contribution in [0.2, 0.25) is 0 Å². The van der Waals surface area contributed by atoms with Crippen LogP contribution in [0.3, 0.4) is 0 Å². The highest BCUT2D eigenvalue weighted by Crippen LogP contribution is 2.31. The number of aromatic nitrogens is 4. The Morgan fingerprint density at radius 2 is 2.00 bits per heavy atom. The first kappa shape index (κ1) is 19.8. The lowest BCUT2D eigenvalue weighted by molar-refractivity contribution is 0.0721. The van der Waals surface area contributed by atoms with Gasteiger partial charge in [-0.25, -0.2) is 19.0 Å². The number of benzene rings is 1. The zero-order valence-corrected chi connectivity index (χ0v) is 15.9. The number of methoxy groups -OCH3 is 1. The lowest BCUT2D eigenvalue weighted by atomic mass is 10.1. The minimum Gasteiger partial charge on any atom is -0.496 e. The van der Waals surface area contributed by atoms with Crippen LogP contribution < -0.4 is 4.74 Å². The molecule has 6 nitrogen and oxygen atoms in total. The summed E-state index contributed by atoms with van der Waals surface area (Å²) in [6.45, 7) is 8.90. The Balaban J connectivity index is 0.00000117. The molecule has 0 saturated carbocycles. The first-order valence-electron chi connectivity index (χ1n) is 8.76. The van der Waals surface area contributed by atoms with Crippen molar-refractivity contribution in [3.8, 4) is 17.1 Å². The summed E-state index contributed by atoms with van der Waals surface area (Å²) in [5.74, 6) is 0.241. The van der Waals surface area contributed by atoms with E-state index in [2.05, 4.69) is 15.1 Å². The van der Waals surface area contributed by atoms with Crippen LogP contribution in [-0.4, -0.2) is 33.5 Å². The van der Waals surface area contributed by atoms with E-state index in [0.29, 0.717) is 24.6 Å². The Kier molecular flexibility index (Phi) is 7.03. The molecule has 0 amide bonds. The molecule has 0 unspecified atom stereocenters. The summed E-state index contributed by atoms with van der Waals surface area (Å²) in [6.07, 6.45) is 2.57. The average molecular weight is 360 g/mol. The van der Waals surface area contributed by atoms with Crippen molar-refractivity contribution in [3.05, 3.63) is 35.9 Å². The molecule has 0 aliphatic rings. The van der Waals surface area contributed by atoms with E-state index >= 15 is 0 Å². The van der Waals surface area contributed by atoms with Crippen LogP contribution in [0.25, 0.3) is 22.4 Å². The van der Waals surface area contributed by atoms with Crippen molar-refractivity contribution in [1.82, 2.24) is 19.7 Å². The predicted octanol–water partition coefficient (Wildman–Crippen LogP) is 4.36. The molecule has 26 heavy (non-hydrogen) atoms. The summed E-state index contributed by atoms with van der Waals surface area (Å²) >= 11 is 0. The lowest BCUT2D eigenvalue weighted by Gasteiger charge is -2.08. The molecule has 0 aliphatic carbocycles. The van der Waals surface area contributed by atoms with E-state index in [1.807, 2.05) is 27.7 Å². The fourth-order valence-corrected chi connectivity index (χ4v) is 2.52. The number of aryl methyl sites for hydroxylation is 1. The van der Waals surface area contributed by atoms with E-state index in [4.69, 9.17) is 9.47 Å². The molecule has 3 rings (SSSR count). The van der Waals surface area contributed by atoms with Crippen molar-refractivity contribution >= 4 is 11.0 Å². The normalized spacial score (nSPS) is 10.5. The maximum atomic E-state index is 14.2. The molecule has 140 valence electrons. The van der Waals surface area contributed by atoms with Crippen molar-refractivity contribution in [2.45, 2.75) is 40.8 Å². The zero-order chi connectivity index (χ0) is 19.1. The van der Waals surface area contributed by atoms with Gasteiger partial charge >= 0.3 is 0 Å². The molecule has 2 aromatic heterocycles. The lowest BCUT2D eigenvalue weighted by Crippen LogP contribution is -2.05. The first-order chi connectivity index (χ1) is 12.7. The molecule has 1 aromatic carbocycles. The van der Waals surface area contributed by atoms with Gasteiger partial charge in [0.1, 0.15) is 29.3 Å². The molecule has 0 aliphatic heterocycles. The summed E-state index contributed by atoms with van der Waals surface area (Å²) in [7, 11) is 1.49. The Hall–Kier alpha value is -2.54. The number of hydrogen-bond donors (Lipinski definition) is 0. The van der Waals surface area contributed by atoms with Crippen molar-refractivity contribution in [2.75, 3.05) is 13.7 Å². The Morgan fingerprint density at radius 3 is 2.69 bits per heavy atom. The summed E-state index contributed by atoms with van der Waals surface area (Å²) < 4.78 is 26.7. The van der Waals surface area contributed by atoms with Crippen LogP contribution in [0.15, 0.2) is 24.4 Å². The minimum absolute atomic E-state index is 0.247. The number of rotatable bonds is 6. The molecule has 0 N–H and O–H groups in total. The van der Waals surface area contributed by atoms with Gasteiger partial charge in [-0.1, -0.05) is 26.8 Å². The van der Waals surface area contributed by atoms with Crippen molar-refractivity contribution < 1.29 is 13.9 Å². The van der Waals surface area contributed by atoms with Gasteiger partial charge in [0.25, 0.3) is 0 Å². The minimum atomic E-state index is -0.426. The number of hydrogen-bond acceptors (Lipinski definition) is 5. The third kappa shape index (κ3) is 3.99. The fourth-order valence-electron chi connectivity index (χ4n) is 2.52. The fraction of sp³-hybridized carbons (Fsp3) is 0.421. The summed E-state index contributed by atoms with van der Waals surface area (Å²) in [4.78, 5) is 8.79. The molecule has 3 aromatic rings. The summed E-state index contributed by atoms with van der Waals surface area (Å²) in [5, 5.41) is 4.43. The van der Waals surface area contributed by atoms with Crippen LogP contribution in [0.4, 0.5) is 4.39 Å². The second-order valence-electron chi connectivity index (χ2n) is 5.37. The molecule has 0 fully saturated rings. The highest BCUT2D eigenvalue weighted by Gasteiger charge is 2.17. The monoisotopic (exact) mass is 360 g/mol. The van der Waals surface area contributed by atoms with Gasteiger partial charge in [0, 0.05) is 6.61 Å². The largest absolute Gasteiger partial charge is 0.496 e. The van der Waals surface area contributed by atoms with Crippen molar-refractivity contribution in [2.24, 2.45) is 0 Å². The van der Waals surface area contributed by atoms with Gasteiger partial charge in [-0.3, -0.25) is 0 Å². The first-order valence-corrected chi connectivity index (χ1v) is 8.76. The quantitative estimate of drug-likeness (QED) is 0.611. The van der Waals surface area contributed by atoms with E-state index < -0.39 is 5.82 Å². The molecule has 0 saturated heterocycles. The highest BCUT2D eigenvalue weighted by molar-refractivity contribution is 5.79. The smallest absolute Gasteiger partial charge is 0.166 e. The number of fused-ring (bicyclic) bond motifs is 1. The molecular formula is C19H25FN4O2. The Bertz CT molecular complexity index is 864. The molecule has 7 heteroatoms. The van der Waals surface area contributed by atoms with Gasteiger partial charge in [-0.2, -0.15) is 5.10 Å². The highest BCUT2D eigenvalue weighted by atomic mass is 19.1. The molecule has 0 bridgehead atoms. The van der Waals surface area contributed by atoms with Crippen LogP contribution >= 0.6 is 0 Å². The van der Waals surface area contributed by atoms with Crippen LogP contribution in [0, 0.1) is 12.7 Å². The van der Waals surface area contributed by atoms with Crippen LogP contribution in [-0.2, 0) is 11.5 Å². The molecule has 2 heterocycles. The van der Waals surface area contributed by atoms with Gasteiger partial charge in [-0.15, -0.1) is 0 Å². The maximum absolute atomic E-state index is 14.2. The second-order valence-corrected chi connectivity index (χ2v) is 5.37. The van der Waals surface area contributed by atoms with Crippen molar-refractivity contribution in [1.29, 1.82) is 0 Å². The van der Waals surface area contributed by atoms with Crippen molar-refractivity contribution in [3.63, 3.8) is 0 Å². The summed E-state index contributed by atoms with van der Waals surface area (Å²) in [5.41, 5.74) is 2.41. The van der Waals surface area contributed by atoms with Gasteiger partial charge in [0.2, 0.25) is 0 Å². The number of nitrogens with zero attached hydrogens (tertiary/aromatic N) is 4. The number of halogens is 1. The van der Waals surface area contributed by atoms with Gasteiger partial charge < -0.3 is 9.47 Å². The van der Waals surface area contributed by atoms with E-state index in [1.54, 1.807) is 23.0 Å². The predicted molar refractivity (Wildman–Crippen MR) is 99.6 cm³/mol. The third-order valence-electron chi connectivity index (χ3n) is 3.64. The molecule has 0 atom stereocenters. The molecular weight excluding hydrogens is 335 g/mol. The SMILES string of the molecule is CC.CCCOCn1nc(C)c2nc(-c3c(F)cccc3OC)ncc21. The van der Waals surface area contributed by atoms with Crippen LogP contribution in [0.1, 0.15) is 32.9 Å². The third-order valence-corrected chi connectivity index (χ3v) is 3.64. The van der Waals surface area contributed by atoms with Gasteiger partial charge in [-0.05, 0) is 25.5 Å². The van der Waals surface area contributed by atoms with E-state index in [1.165, 1.54) is 13.2 Å². The van der Waals surface area contributed by atoms with E-state index in [0.717, 1.165) is 17.6 Å². The Labute approximate surface area is 153 Å². The maximum Gasteiger partial charge on any atom is 0.166 e. The van der Waals surface area contributed by atoms with E-state index in [9.17, 15) is 4.39 Å².